The maximum atomic E-state index is 13.2. The van der Waals surface area contributed by atoms with Crippen LogP contribution in [0.4, 0.5) is 8.39 Å². The Morgan fingerprint density at radius 1 is 1.08 bits per heavy atom. The number of rotatable bonds is 0. The van der Waals surface area contributed by atoms with Gasteiger partial charge < -0.3 is 0 Å². The van der Waals surface area contributed by atoms with E-state index >= 15 is 0 Å². The van der Waals surface area contributed by atoms with E-state index in [-0.39, 0.29) is 0 Å². The van der Waals surface area contributed by atoms with E-state index in [9.17, 15) is 18.0 Å². The van der Waals surface area contributed by atoms with E-state index < -0.39 is 30.5 Å². The number of hydrogen-bond donors (Lipinski definition) is 0. The molecule has 0 aromatic heterocycles. The second-order valence-electron chi connectivity index (χ2n) is 3.42. The SMILES string of the molecule is C[C@]12OC(=O)C(=O)O[C@@]1(C)[PH]2(F)F. The van der Waals surface area contributed by atoms with Gasteiger partial charge in [-0.2, -0.15) is 0 Å². The van der Waals surface area contributed by atoms with Crippen molar-refractivity contribution in [3.05, 3.63) is 0 Å². The average molecular weight is 212 g/mol. The van der Waals surface area contributed by atoms with Crippen LogP contribution in [0.1, 0.15) is 13.8 Å². The zero-order valence-electron chi connectivity index (χ0n) is 6.89. The molecule has 0 bridgehead atoms. The Balaban J connectivity index is 2.41. The molecule has 0 saturated carbocycles. The summed E-state index contributed by atoms with van der Waals surface area (Å²) in [7, 11) is -4.78. The Labute approximate surface area is 72.8 Å². The average Bonchev–Trinajstić information content (AvgIpc) is 2.30. The monoisotopic (exact) mass is 212 g/mol. The summed E-state index contributed by atoms with van der Waals surface area (Å²) in [6.07, 6.45) is 0. The van der Waals surface area contributed by atoms with Crippen LogP contribution in [0.2, 0.25) is 0 Å². The molecule has 2 saturated heterocycles. The zero-order valence-corrected chi connectivity index (χ0v) is 7.89. The van der Waals surface area contributed by atoms with Crippen molar-refractivity contribution in [3.8, 4) is 0 Å². The Hall–Kier alpha value is -0.770. The molecule has 0 unspecified atom stereocenters. The molecule has 2 atom stereocenters. The number of hydrogen-bond acceptors (Lipinski definition) is 4. The molecule has 0 radical (unpaired) electrons. The maximum absolute atomic E-state index is 13.2. The number of esters is 2. The summed E-state index contributed by atoms with van der Waals surface area (Å²) in [5.41, 5.74) is 0. The van der Waals surface area contributed by atoms with Gasteiger partial charge in [0.25, 0.3) is 0 Å². The van der Waals surface area contributed by atoms with E-state index in [4.69, 9.17) is 0 Å². The Bertz CT molecular complexity index is 301. The molecule has 2 heterocycles. The fourth-order valence-electron chi connectivity index (χ4n) is 1.51. The van der Waals surface area contributed by atoms with E-state index in [0.717, 1.165) is 13.8 Å². The van der Waals surface area contributed by atoms with Crippen LogP contribution in [0.3, 0.4) is 0 Å². The van der Waals surface area contributed by atoms with Gasteiger partial charge >= 0.3 is 71.8 Å². The third kappa shape index (κ3) is 0.655. The van der Waals surface area contributed by atoms with Crippen molar-refractivity contribution in [2.75, 3.05) is 0 Å². The quantitative estimate of drug-likeness (QED) is 0.342. The van der Waals surface area contributed by atoms with Crippen LogP contribution >= 0.6 is 7.88 Å². The van der Waals surface area contributed by atoms with Gasteiger partial charge in [-0.15, -0.1) is 0 Å². The van der Waals surface area contributed by atoms with Gasteiger partial charge in [-0.05, 0) is 0 Å². The van der Waals surface area contributed by atoms with Gasteiger partial charge in [0.2, 0.25) is 0 Å². The molecule has 74 valence electrons. The molecule has 2 aliphatic heterocycles. The van der Waals surface area contributed by atoms with Crippen LogP contribution in [-0.4, -0.2) is 22.6 Å². The Kier molecular flexibility index (Phi) is 1.25. The zero-order chi connectivity index (χ0) is 10.1. The molecular weight excluding hydrogens is 205 g/mol. The minimum atomic E-state index is -4.78. The predicted molar refractivity (Wildman–Crippen MR) is 39.5 cm³/mol. The van der Waals surface area contributed by atoms with Crippen LogP contribution in [0.15, 0.2) is 0 Å². The molecule has 0 amide bonds. The van der Waals surface area contributed by atoms with E-state index in [1.54, 1.807) is 0 Å². The van der Waals surface area contributed by atoms with Crippen molar-refractivity contribution in [2.45, 2.75) is 24.5 Å². The Morgan fingerprint density at radius 3 is 1.69 bits per heavy atom. The first-order valence-electron chi connectivity index (χ1n) is 3.60. The van der Waals surface area contributed by atoms with Crippen LogP contribution in [-0.2, 0) is 19.1 Å². The first-order chi connectivity index (χ1) is 5.76. The Morgan fingerprint density at radius 2 is 1.38 bits per heavy atom. The molecule has 0 spiro atoms. The van der Waals surface area contributed by atoms with Gasteiger partial charge in [0, 0.05) is 0 Å². The third-order valence-corrected chi connectivity index (χ3v) is 6.11. The van der Waals surface area contributed by atoms with Crippen molar-refractivity contribution in [2.24, 2.45) is 0 Å². The molecule has 13 heavy (non-hydrogen) atoms. The summed E-state index contributed by atoms with van der Waals surface area (Å²) >= 11 is 0. The normalized spacial score (nSPS) is 48.6. The fourth-order valence-corrected chi connectivity index (χ4v) is 3.82. The molecule has 0 aromatic carbocycles. The van der Waals surface area contributed by atoms with E-state index in [1.807, 2.05) is 0 Å². The number of carbonyl (C=O) groups excluding carboxylic acids is 2. The molecule has 2 aliphatic rings. The van der Waals surface area contributed by atoms with Gasteiger partial charge in [0.15, 0.2) is 0 Å². The molecule has 0 N–H and O–H groups in total. The van der Waals surface area contributed by atoms with Gasteiger partial charge in [-0.25, -0.2) is 0 Å². The van der Waals surface area contributed by atoms with Crippen molar-refractivity contribution in [1.29, 1.82) is 0 Å². The molecule has 0 aliphatic carbocycles. The number of ether oxygens (including phenoxy) is 2. The van der Waals surface area contributed by atoms with Gasteiger partial charge in [0.1, 0.15) is 0 Å². The first kappa shape index (κ1) is 8.81. The van der Waals surface area contributed by atoms with Gasteiger partial charge in [-0.3, -0.25) is 0 Å². The van der Waals surface area contributed by atoms with Gasteiger partial charge in [0.05, 0.1) is 0 Å². The van der Waals surface area contributed by atoms with Crippen molar-refractivity contribution < 1.29 is 27.5 Å². The van der Waals surface area contributed by atoms with Crippen molar-refractivity contribution in [3.63, 3.8) is 0 Å². The molecule has 0 aromatic rings. The summed E-state index contributed by atoms with van der Waals surface area (Å²) in [5, 5.41) is -3.71. The first-order valence-corrected chi connectivity index (χ1v) is 5.36. The summed E-state index contributed by atoms with van der Waals surface area (Å²) in [4.78, 5) is 21.3. The van der Waals surface area contributed by atoms with Crippen LogP contribution in [0, 0.1) is 0 Å². The van der Waals surface area contributed by atoms with Crippen molar-refractivity contribution >= 4 is 19.8 Å². The second-order valence-corrected chi connectivity index (χ2v) is 6.48. The van der Waals surface area contributed by atoms with Crippen LogP contribution < -0.4 is 0 Å². The van der Waals surface area contributed by atoms with Crippen LogP contribution in [0.25, 0.3) is 0 Å². The van der Waals surface area contributed by atoms with Crippen molar-refractivity contribution in [1.82, 2.24) is 0 Å². The van der Waals surface area contributed by atoms with E-state index in [0.29, 0.717) is 0 Å². The summed E-state index contributed by atoms with van der Waals surface area (Å²) < 4.78 is 35.2. The summed E-state index contributed by atoms with van der Waals surface area (Å²) in [6.45, 7) is 2.20. The fraction of sp³-hybridized carbons (Fsp3) is 0.667. The predicted octanol–water partition coefficient (Wildman–Crippen LogP) is 1.05. The number of halogens is 2. The molecular formula is C6H7F2O4P. The molecule has 2 rings (SSSR count). The molecule has 4 nitrogen and oxygen atoms in total. The number of fused-ring (bicyclic) bond motifs is 1. The minimum absolute atomic E-state index is 1.10. The second kappa shape index (κ2) is 1.85. The topological polar surface area (TPSA) is 52.6 Å². The summed E-state index contributed by atoms with van der Waals surface area (Å²) in [5.74, 6) is -2.66. The number of carbonyl (C=O) groups is 2. The standard InChI is InChI=1S/C6H7F2O4P/c1-5-6(2,13(5,7)8)12-4(10)3(9)11-5/h13H,1-2H3/t5-,6+. The molecule has 7 heteroatoms. The third-order valence-electron chi connectivity index (χ3n) is 2.81. The summed E-state index contributed by atoms with van der Waals surface area (Å²) in [6, 6.07) is 0. The molecule has 2 fully saturated rings. The van der Waals surface area contributed by atoms with Crippen LogP contribution in [0.5, 0.6) is 0 Å². The van der Waals surface area contributed by atoms with Gasteiger partial charge in [-0.1, -0.05) is 0 Å². The van der Waals surface area contributed by atoms with E-state index in [1.165, 1.54) is 0 Å². The van der Waals surface area contributed by atoms with E-state index in [2.05, 4.69) is 9.47 Å².